The highest BCUT2D eigenvalue weighted by atomic mass is 35.5. The van der Waals surface area contributed by atoms with Crippen molar-refractivity contribution in [2.24, 2.45) is 0 Å². The van der Waals surface area contributed by atoms with Gasteiger partial charge < -0.3 is 4.74 Å². The molecule has 0 bridgehead atoms. The molecule has 6 rings (SSSR count). The summed E-state index contributed by atoms with van der Waals surface area (Å²) >= 11 is 12.6. The van der Waals surface area contributed by atoms with E-state index in [0.29, 0.717) is 28.9 Å². The molecular formula is C27H24Cl2N6O4S. The topological polar surface area (TPSA) is 111 Å². The van der Waals surface area contributed by atoms with Crippen LogP contribution >= 0.6 is 23.2 Å². The van der Waals surface area contributed by atoms with Crippen molar-refractivity contribution in [1.29, 1.82) is 0 Å². The van der Waals surface area contributed by atoms with Crippen LogP contribution in [0.3, 0.4) is 0 Å². The third-order valence-corrected chi connectivity index (χ3v) is 9.44. The van der Waals surface area contributed by atoms with Gasteiger partial charge >= 0.3 is 0 Å². The Balaban J connectivity index is 1.45. The van der Waals surface area contributed by atoms with Gasteiger partial charge in [0.2, 0.25) is 5.95 Å². The zero-order valence-corrected chi connectivity index (χ0v) is 23.7. The molecule has 0 spiro atoms. The number of hydrogen-bond donors (Lipinski definition) is 0. The maximum Gasteiger partial charge on any atom is 0.260 e. The number of morpholine rings is 1. The summed E-state index contributed by atoms with van der Waals surface area (Å²) in [6.45, 7) is 2.74. The second-order valence-corrected chi connectivity index (χ2v) is 12.5. The van der Waals surface area contributed by atoms with E-state index in [2.05, 4.69) is 15.0 Å². The maximum atomic E-state index is 14.3. The highest BCUT2D eigenvalue weighted by Crippen LogP contribution is 2.45. The molecule has 40 heavy (non-hydrogen) atoms. The molecule has 0 saturated carbocycles. The molecule has 1 unspecified atom stereocenters. The molecule has 0 aliphatic carbocycles. The Morgan fingerprint density at radius 3 is 2.25 bits per heavy atom. The summed E-state index contributed by atoms with van der Waals surface area (Å²) in [4.78, 5) is 28.2. The highest BCUT2D eigenvalue weighted by molar-refractivity contribution is 7.89. The number of benzene rings is 2. The number of carbonyl (C=O) groups is 1. The Labute approximate surface area is 241 Å². The lowest BCUT2D eigenvalue weighted by Crippen LogP contribution is -2.45. The first-order valence-electron chi connectivity index (χ1n) is 12.5. The number of fused-ring (bicyclic) bond motifs is 1. The van der Waals surface area contributed by atoms with Crippen molar-refractivity contribution in [1.82, 2.24) is 23.8 Å². The van der Waals surface area contributed by atoms with Crippen molar-refractivity contribution in [3.63, 3.8) is 0 Å². The van der Waals surface area contributed by atoms with Gasteiger partial charge in [-0.15, -0.1) is 0 Å². The monoisotopic (exact) mass is 598 g/mol. The smallest absolute Gasteiger partial charge is 0.260 e. The fraction of sp³-hybridized carbons (Fsp3) is 0.259. The first-order valence-corrected chi connectivity index (χ1v) is 14.7. The Bertz CT molecular complexity index is 1670. The molecular weight excluding hydrogens is 575 g/mol. The van der Waals surface area contributed by atoms with Gasteiger partial charge in [0.15, 0.2) is 5.03 Å². The number of halogens is 2. The van der Waals surface area contributed by atoms with Crippen molar-refractivity contribution >= 4 is 50.8 Å². The average molecular weight is 599 g/mol. The summed E-state index contributed by atoms with van der Waals surface area (Å²) < 4.78 is 35.9. The molecule has 1 saturated heterocycles. The van der Waals surface area contributed by atoms with E-state index in [0.717, 1.165) is 16.7 Å². The molecule has 0 radical (unpaired) electrons. The third kappa shape index (κ3) is 4.57. The Kier molecular flexibility index (Phi) is 6.87. The van der Waals surface area contributed by atoms with Crippen LogP contribution < -0.4 is 4.90 Å². The molecule has 1 atom stereocenters. The van der Waals surface area contributed by atoms with E-state index in [1.807, 2.05) is 24.3 Å². The Morgan fingerprint density at radius 1 is 0.950 bits per heavy atom. The summed E-state index contributed by atoms with van der Waals surface area (Å²) in [7, 11) is -3.99. The SMILES string of the molecule is CC1(Cc2ccc(-c3cncnc3)cc2)C(=O)N(c2cc(Cl)cc(Cl)c2)c2ncc(S(=O)(=O)N3CCOCC3)n21. The van der Waals surface area contributed by atoms with Gasteiger partial charge in [-0.05, 0) is 36.2 Å². The number of rotatable bonds is 6. The largest absolute Gasteiger partial charge is 0.379 e. The molecule has 2 aromatic heterocycles. The van der Waals surface area contributed by atoms with E-state index in [1.165, 1.54) is 26.3 Å². The zero-order chi connectivity index (χ0) is 28.1. The van der Waals surface area contributed by atoms with Gasteiger partial charge in [-0.2, -0.15) is 4.31 Å². The molecule has 1 amide bonds. The van der Waals surface area contributed by atoms with Crippen LogP contribution in [0.1, 0.15) is 12.5 Å². The minimum absolute atomic E-state index is 0.0612. The fourth-order valence-corrected chi connectivity index (χ4v) is 7.30. The standard InChI is InChI=1S/C27H24Cl2N6O4S/c1-27(13-18-2-4-19(5-3-18)20-14-30-17-31-15-20)25(36)34(23-11-21(28)10-22(29)12-23)26-32-16-24(35(26)27)40(37,38)33-6-8-39-9-7-33/h2-5,10-12,14-17H,6-9,13H2,1H3. The maximum absolute atomic E-state index is 14.3. The number of ether oxygens (including phenoxy) is 1. The molecule has 4 heterocycles. The molecule has 10 nitrogen and oxygen atoms in total. The second kappa shape index (κ2) is 10.2. The van der Waals surface area contributed by atoms with Crippen LogP contribution in [0.2, 0.25) is 10.0 Å². The van der Waals surface area contributed by atoms with Crippen LogP contribution in [0.15, 0.2) is 72.4 Å². The lowest BCUT2D eigenvalue weighted by Gasteiger charge is -2.30. The van der Waals surface area contributed by atoms with Gasteiger partial charge in [0, 0.05) is 47.5 Å². The number of carbonyl (C=O) groups excluding carboxylic acids is 1. The zero-order valence-electron chi connectivity index (χ0n) is 21.4. The number of sulfonamides is 1. The lowest BCUT2D eigenvalue weighted by atomic mass is 9.91. The Hall–Kier alpha value is -3.35. The predicted molar refractivity (Wildman–Crippen MR) is 150 cm³/mol. The fourth-order valence-electron chi connectivity index (χ4n) is 5.19. The molecule has 13 heteroatoms. The van der Waals surface area contributed by atoms with E-state index in [4.69, 9.17) is 27.9 Å². The van der Waals surface area contributed by atoms with Crippen molar-refractivity contribution in [2.45, 2.75) is 23.9 Å². The predicted octanol–water partition coefficient (Wildman–Crippen LogP) is 4.30. The number of hydrogen-bond acceptors (Lipinski definition) is 7. The van der Waals surface area contributed by atoms with E-state index in [1.54, 1.807) is 37.5 Å². The Morgan fingerprint density at radius 2 is 1.60 bits per heavy atom. The first-order chi connectivity index (χ1) is 19.2. The van der Waals surface area contributed by atoms with Crippen molar-refractivity contribution in [3.05, 3.63) is 83.0 Å². The van der Waals surface area contributed by atoms with Gasteiger partial charge in [-0.25, -0.2) is 28.3 Å². The summed E-state index contributed by atoms with van der Waals surface area (Å²) in [5.74, 6) is -0.177. The van der Waals surface area contributed by atoms with Crippen LogP contribution in [0.4, 0.5) is 11.6 Å². The second-order valence-electron chi connectivity index (χ2n) is 9.79. The van der Waals surface area contributed by atoms with Gasteiger partial charge in [-0.3, -0.25) is 9.36 Å². The van der Waals surface area contributed by atoms with Crippen LogP contribution in [0.5, 0.6) is 0 Å². The van der Waals surface area contributed by atoms with Gasteiger partial charge in [0.25, 0.3) is 15.9 Å². The van der Waals surface area contributed by atoms with Crippen LogP contribution in [-0.2, 0) is 31.5 Å². The number of amides is 1. The minimum Gasteiger partial charge on any atom is -0.379 e. The lowest BCUT2D eigenvalue weighted by molar-refractivity contribution is -0.124. The molecule has 2 aliphatic heterocycles. The molecule has 2 aliphatic rings. The summed E-state index contributed by atoms with van der Waals surface area (Å²) in [5, 5.41) is 0.612. The number of nitrogens with zero attached hydrogens (tertiary/aromatic N) is 6. The number of aromatic nitrogens is 4. The first kappa shape index (κ1) is 26.9. The molecule has 206 valence electrons. The van der Waals surface area contributed by atoms with Gasteiger partial charge in [0.05, 0.1) is 25.1 Å². The summed E-state index contributed by atoms with van der Waals surface area (Å²) in [6.07, 6.45) is 6.42. The van der Waals surface area contributed by atoms with Gasteiger partial charge in [0.1, 0.15) is 11.9 Å². The van der Waals surface area contributed by atoms with Crippen LogP contribution in [-0.4, -0.2) is 64.5 Å². The molecule has 4 aromatic rings. The molecule has 0 N–H and O–H groups in total. The van der Waals surface area contributed by atoms with Crippen molar-refractivity contribution in [3.8, 4) is 11.1 Å². The average Bonchev–Trinajstić information content (AvgIpc) is 3.48. The minimum atomic E-state index is -3.99. The number of anilines is 2. The molecule has 2 aromatic carbocycles. The highest BCUT2D eigenvalue weighted by Gasteiger charge is 2.52. The van der Waals surface area contributed by atoms with E-state index in [-0.39, 0.29) is 36.4 Å². The van der Waals surface area contributed by atoms with E-state index >= 15 is 0 Å². The third-order valence-electron chi connectivity index (χ3n) is 7.14. The van der Waals surface area contributed by atoms with Crippen molar-refractivity contribution < 1.29 is 17.9 Å². The quantitative estimate of drug-likeness (QED) is 0.325. The van der Waals surface area contributed by atoms with Crippen LogP contribution in [0, 0.1) is 0 Å². The van der Waals surface area contributed by atoms with Crippen LogP contribution in [0.25, 0.3) is 11.1 Å². The van der Waals surface area contributed by atoms with Gasteiger partial charge in [-0.1, -0.05) is 47.5 Å². The van der Waals surface area contributed by atoms with E-state index < -0.39 is 15.6 Å². The van der Waals surface area contributed by atoms with Crippen molar-refractivity contribution in [2.75, 3.05) is 31.2 Å². The summed E-state index contributed by atoms with van der Waals surface area (Å²) in [6, 6.07) is 12.4. The molecule has 1 fully saturated rings. The number of imidazole rings is 1. The van der Waals surface area contributed by atoms with E-state index in [9.17, 15) is 13.2 Å². The normalized spacial score (nSPS) is 19.7. The summed E-state index contributed by atoms with van der Waals surface area (Å²) in [5.41, 5.74) is 1.68.